The zero-order chi connectivity index (χ0) is 13.0. The SMILES string of the molecule is C[C@H](N)c1cccnc1Oc1cccc(CO)c1. The maximum atomic E-state index is 9.08. The fourth-order valence-corrected chi connectivity index (χ4v) is 1.65. The van der Waals surface area contributed by atoms with E-state index in [1.54, 1.807) is 12.3 Å². The van der Waals surface area contributed by atoms with Gasteiger partial charge in [-0.1, -0.05) is 18.2 Å². The Hall–Kier alpha value is -1.91. The molecule has 0 aliphatic carbocycles. The summed E-state index contributed by atoms with van der Waals surface area (Å²) >= 11 is 0. The van der Waals surface area contributed by atoms with Gasteiger partial charge in [0.15, 0.2) is 0 Å². The quantitative estimate of drug-likeness (QED) is 0.866. The second-order valence-corrected chi connectivity index (χ2v) is 4.09. The zero-order valence-corrected chi connectivity index (χ0v) is 10.2. The lowest BCUT2D eigenvalue weighted by Gasteiger charge is -2.12. The molecule has 0 amide bonds. The van der Waals surface area contributed by atoms with Gasteiger partial charge < -0.3 is 15.6 Å². The lowest BCUT2D eigenvalue weighted by molar-refractivity contribution is 0.281. The Morgan fingerprint density at radius 3 is 2.89 bits per heavy atom. The normalized spacial score (nSPS) is 12.2. The highest BCUT2D eigenvalue weighted by Gasteiger charge is 2.09. The van der Waals surface area contributed by atoms with Gasteiger partial charge >= 0.3 is 0 Å². The molecule has 2 aromatic rings. The molecular weight excluding hydrogens is 228 g/mol. The molecule has 0 spiro atoms. The molecule has 1 aromatic carbocycles. The minimum absolute atomic E-state index is 0.0143. The van der Waals surface area contributed by atoms with Crippen LogP contribution in [0.2, 0.25) is 0 Å². The average molecular weight is 244 g/mol. The summed E-state index contributed by atoms with van der Waals surface area (Å²) < 4.78 is 5.71. The van der Waals surface area contributed by atoms with Crippen LogP contribution in [0.5, 0.6) is 11.6 Å². The van der Waals surface area contributed by atoms with Crippen LogP contribution >= 0.6 is 0 Å². The molecule has 1 heterocycles. The van der Waals surface area contributed by atoms with Crippen molar-refractivity contribution in [2.45, 2.75) is 19.6 Å². The number of aromatic nitrogens is 1. The highest BCUT2D eigenvalue weighted by molar-refractivity contribution is 5.35. The van der Waals surface area contributed by atoms with Crippen molar-refractivity contribution >= 4 is 0 Å². The third-order valence-electron chi connectivity index (χ3n) is 2.59. The van der Waals surface area contributed by atoms with Gasteiger partial charge in [0.25, 0.3) is 0 Å². The van der Waals surface area contributed by atoms with Crippen LogP contribution in [0.15, 0.2) is 42.6 Å². The van der Waals surface area contributed by atoms with E-state index in [9.17, 15) is 0 Å². The lowest BCUT2D eigenvalue weighted by Crippen LogP contribution is -2.07. The molecule has 0 bridgehead atoms. The Morgan fingerprint density at radius 2 is 2.17 bits per heavy atom. The van der Waals surface area contributed by atoms with Crippen molar-refractivity contribution < 1.29 is 9.84 Å². The highest BCUT2D eigenvalue weighted by Crippen LogP contribution is 2.26. The van der Waals surface area contributed by atoms with Gasteiger partial charge in [-0.2, -0.15) is 0 Å². The molecule has 4 nitrogen and oxygen atoms in total. The van der Waals surface area contributed by atoms with E-state index in [4.69, 9.17) is 15.6 Å². The molecular formula is C14H16N2O2. The van der Waals surface area contributed by atoms with Crippen molar-refractivity contribution in [2.75, 3.05) is 0 Å². The molecule has 4 heteroatoms. The molecule has 3 N–H and O–H groups in total. The number of aliphatic hydroxyl groups is 1. The topological polar surface area (TPSA) is 68.4 Å². The summed E-state index contributed by atoms with van der Waals surface area (Å²) in [7, 11) is 0. The summed E-state index contributed by atoms with van der Waals surface area (Å²) in [6.45, 7) is 1.87. The predicted molar refractivity (Wildman–Crippen MR) is 69.3 cm³/mol. The van der Waals surface area contributed by atoms with Gasteiger partial charge in [-0.15, -0.1) is 0 Å². The summed E-state index contributed by atoms with van der Waals surface area (Å²) in [6, 6.07) is 10.8. The van der Waals surface area contributed by atoms with Crippen LogP contribution in [0.4, 0.5) is 0 Å². The number of hydrogen-bond donors (Lipinski definition) is 2. The number of nitrogens with two attached hydrogens (primary N) is 1. The molecule has 0 unspecified atom stereocenters. The summed E-state index contributed by atoms with van der Waals surface area (Å²) in [5.41, 5.74) is 7.51. The van der Waals surface area contributed by atoms with Crippen LogP contribution in [0.3, 0.4) is 0 Å². The smallest absolute Gasteiger partial charge is 0.223 e. The number of pyridine rings is 1. The molecule has 2 rings (SSSR count). The lowest BCUT2D eigenvalue weighted by atomic mass is 10.1. The fraction of sp³-hybridized carbons (Fsp3) is 0.214. The van der Waals surface area contributed by atoms with E-state index in [2.05, 4.69) is 4.98 Å². The van der Waals surface area contributed by atoms with Gasteiger partial charge in [0.1, 0.15) is 5.75 Å². The molecule has 18 heavy (non-hydrogen) atoms. The van der Waals surface area contributed by atoms with Crippen LogP contribution in [-0.4, -0.2) is 10.1 Å². The standard InChI is InChI=1S/C14H16N2O2/c1-10(15)13-6-3-7-16-14(13)18-12-5-2-4-11(8-12)9-17/h2-8,10,17H,9,15H2,1H3/t10-/m0/s1. The van der Waals surface area contributed by atoms with E-state index in [-0.39, 0.29) is 12.6 Å². The molecule has 0 saturated carbocycles. The van der Waals surface area contributed by atoms with Gasteiger partial charge in [-0.25, -0.2) is 4.98 Å². The second kappa shape index (κ2) is 5.62. The van der Waals surface area contributed by atoms with Crippen LogP contribution in [-0.2, 0) is 6.61 Å². The number of aliphatic hydroxyl groups excluding tert-OH is 1. The first-order valence-corrected chi connectivity index (χ1v) is 5.79. The Kier molecular flexibility index (Phi) is 3.92. The summed E-state index contributed by atoms with van der Waals surface area (Å²) in [6.07, 6.45) is 1.66. The summed E-state index contributed by atoms with van der Waals surface area (Å²) in [5, 5.41) is 9.08. The van der Waals surface area contributed by atoms with Crippen molar-refractivity contribution in [1.82, 2.24) is 4.98 Å². The van der Waals surface area contributed by atoms with E-state index in [0.717, 1.165) is 11.1 Å². The first-order valence-electron chi connectivity index (χ1n) is 5.79. The van der Waals surface area contributed by atoms with Gasteiger partial charge in [0.05, 0.1) is 6.61 Å². The Bertz CT molecular complexity index is 527. The number of ether oxygens (including phenoxy) is 1. The van der Waals surface area contributed by atoms with Crippen LogP contribution in [0, 0.1) is 0 Å². The molecule has 0 fully saturated rings. The van der Waals surface area contributed by atoms with Crippen molar-refractivity contribution in [3.05, 3.63) is 53.7 Å². The Morgan fingerprint density at radius 1 is 1.33 bits per heavy atom. The van der Waals surface area contributed by atoms with Crippen LogP contribution in [0.25, 0.3) is 0 Å². The maximum Gasteiger partial charge on any atom is 0.223 e. The number of benzene rings is 1. The monoisotopic (exact) mass is 244 g/mol. The van der Waals surface area contributed by atoms with Crippen molar-refractivity contribution in [3.8, 4) is 11.6 Å². The van der Waals surface area contributed by atoms with Gasteiger partial charge in [0.2, 0.25) is 5.88 Å². The molecule has 94 valence electrons. The molecule has 1 atom stereocenters. The van der Waals surface area contributed by atoms with E-state index in [1.807, 2.05) is 37.3 Å². The fourth-order valence-electron chi connectivity index (χ4n) is 1.65. The first-order chi connectivity index (χ1) is 8.70. The van der Waals surface area contributed by atoms with E-state index in [0.29, 0.717) is 11.6 Å². The largest absolute Gasteiger partial charge is 0.439 e. The van der Waals surface area contributed by atoms with Crippen molar-refractivity contribution in [1.29, 1.82) is 0 Å². The summed E-state index contributed by atoms with van der Waals surface area (Å²) in [4.78, 5) is 4.19. The number of hydrogen-bond acceptors (Lipinski definition) is 4. The molecule has 0 radical (unpaired) electrons. The van der Waals surface area contributed by atoms with E-state index in [1.165, 1.54) is 0 Å². The predicted octanol–water partition coefficient (Wildman–Crippen LogP) is 2.39. The first kappa shape index (κ1) is 12.5. The Balaban J connectivity index is 2.28. The van der Waals surface area contributed by atoms with Crippen molar-refractivity contribution in [2.24, 2.45) is 5.73 Å². The number of rotatable bonds is 4. The maximum absolute atomic E-state index is 9.08. The van der Waals surface area contributed by atoms with Crippen LogP contribution < -0.4 is 10.5 Å². The third kappa shape index (κ3) is 2.85. The molecule has 0 saturated heterocycles. The Labute approximate surface area is 106 Å². The number of nitrogens with zero attached hydrogens (tertiary/aromatic N) is 1. The van der Waals surface area contributed by atoms with Gasteiger partial charge in [-0.05, 0) is 30.7 Å². The van der Waals surface area contributed by atoms with Gasteiger partial charge in [0, 0.05) is 17.8 Å². The van der Waals surface area contributed by atoms with Gasteiger partial charge in [-0.3, -0.25) is 0 Å². The average Bonchev–Trinajstić information content (AvgIpc) is 2.39. The second-order valence-electron chi connectivity index (χ2n) is 4.09. The molecule has 1 aromatic heterocycles. The minimum Gasteiger partial charge on any atom is -0.439 e. The van der Waals surface area contributed by atoms with Crippen molar-refractivity contribution in [3.63, 3.8) is 0 Å². The minimum atomic E-state index is -0.144. The van der Waals surface area contributed by atoms with E-state index < -0.39 is 0 Å². The molecule has 0 aliphatic rings. The van der Waals surface area contributed by atoms with E-state index >= 15 is 0 Å². The highest BCUT2D eigenvalue weighted by atomic mass is 16.5. The van der Waals surface area contributed by atoms with Crippen LogP contribution in [0.1, 0.15) is 24.1 Å². The summed E-state index contributed by atoms with van der Waals surface area (Å²) in [5.74, 6) is 1.14. The zero-order valence-electron chi connectivity index (χ0n) is 10.2. The third-order valence-corrected chi connectivity index (χ3v) is 2.59. The molecule has 0 aliphatic heterocycles.